The first-order chi connectivity index (χ1) is 11.8. The summed E-state index contributed by atoms with van der Waals surface area (Å²) in [5, 5.41) is 0. The fraction of sp³-hybridized carbons (Fsp3) is 0.950. The molecule has 3 aliphatic rings. The summed E-state index contributed by atoms with van der Waals surface area (Å²) in [4.78, 5) is 22.1. The molecule has 1 aliphatic carbocycles. The summed E-state index contributed by atoms with van der Waals surface area (Å²) in [5.74, 6) is 0.939. The van der Waals surface area contributed by atoms with Crippen molar-refractivity contribution in [2.45, 2.75) is 71.0 Å². The average Bonchev–Trinajstić information content (AvgIpc) is 3.40. The SMILES string of the molecule is CC(C)N1CCN(CC2CC2)C2(CCN(C(=O)N(C)C(C)C)CC2)C1. The monoisotopic (exact) mass is 350 g/mol. The van der Waals surface area contributed by atoms with Crippen molar-refractivity contribution in [2.75, 3.05) is 46.3 Å². The number of amides is 2. The van der Waals surface area contributed by atoms with Crippen LogP contribution in [0.25, 0.3) is 0 Å². The number of piperazine rings is 1. The molecular formula is C20H38N4O. The van der Waals surface area contributed by atoms with Crippen LogP contribution in [0.3, 0.4) is 0 Å². The number of nitrogens with zero attached hydrogens (tertiary/aromatic N) is 4. The number of carbonyl (C=O) groups is 1. The van der Waals surface area contributed by atoms with Gasteiger partial charge in [-0.1, -0.05) is 0 Å². The molecule has 5 heteroatoms. The van der Waals surface area contributed by atoms with E-state index >= 15 is 0 Å². The zero-order valence-corrected chi connectivity index (χ0v) is 17.0. The minimum Gasteiger partial charge on any atom is -0.325 e. The Balaban J connectivity index is 1.66. The Bertz CT molecular complexity index is 466. The average molecular weight is 351 g/mol. The number of hydrogen-bond acceptors (Lipinski definition) is 3. The number of rotatable bonds is 4. The lowest BCUT2D eigenvalue weighted by molar-refractivity contribution is -0.0489. The first-order valence-electron chi connectivity index (χ1n) is 10.3. The number of urea groups is 1. The first kappa shape index (κ1) is 19.0. The maximum Gasteiger partial charge on any atom is 0.319 e. The van der Waals surface area contributed by atoms with Crippen LogP contribution in [0.4, 0.5) is 4.79 Å². The number of likely N-dealkylation sites (tertiary alicyclic amines) is 1. The quantitative estimate of drug-likeness (QED) is 0.781. The molecule has 0 aromatic rings. The van der Waals surface area contributed by atoms with Gasteiger partial charge in [0, 0.05) is 63.9 Å². The van der Waals surface area contributed by atoms with Crippen LogP contribution < -0.4 is 0 Å². The van der Waals surface area contributed by atoms with Gasteiger partial charge in [0.2, 0.25) is 0 Å². The molecule has 0 bridgehead atoms. The molecule has 0 radical (unpaired) electrons. The van der Waals surface area contributed by atoms with Gasteiger partial charge in [-0.05, 0) is 59.3 Å². The van der Waals surface area contributed by atoms with Gasteiger partial charge < -0.3 is 9.80 Å². The highest BCUT2D eigenvalue weighted by atomic mass is 16.2. The van der Waals surface area contributed by atoms with E-state index in [4.69, 9.17) is 0 Å². The van der Waals surface area contributed by atoms with Crippen LogP contribution in [0.15, 0.2) is 0 Å². The van der Waals surface area contributed by atoms with Crippen molar-refractivity contribution in [3.05, 3.63) is 0 Å². The van der Waals surface area contributed by atoms with Crippen LogP contribution in [0, 0.1) is 5.92 Å². The van der Waals surface area contributed by atoms with Crippen molar-refractivity contribution in [2.24, 2.45) is 5.92 Å². The lowest BCUT2D eigenvalue weighted by Gasteiger charge is -2.55. The Labute approximate surface area is 154 Å². The Kier molecular flexibility index (Phi) is 5.64. The molecule has 144 valence electrons. The van der Waals surface area contributed by atoms with E-state index in [1.807, 2.05) is 11.9 Å². The maximum absolute atomic E-state index is 12.7. The predicted molar refractivity (Wildman–Crippen MR) is 103 cm³/mol. The van der Waals surface area contributed by atoms with E-state index in [0.29, 0.717) is 6.04 Å². The molecule has 3 fully saturated rings. The minimum absolute atomic E-state index is 0.204. The van der Waals surface area contributed by atoms with Gasteiger partial charge in [0.15, 0.2) is 0 Å². The topological polar surface area (TPSA) is 30.0 Å². The number of hydrogen-bond donors (Lipinski definition) is 0. The molecule has 2 amide bonds. The Morgan fingerprint density at radius 2 is 1.72 bits per heavy atom. The molecule has 2 saturated heterocycles. The molecule has 2 heterocycles. The molecule has 3 rings (SSSR count). The summed E-state index contributed by atoms with van der Waals surface area (Å²) in [5.41, 5.74) is 0.290. The van der Waals surface area contributed by atoms with E-state index in [1.54, 1.807) is 0 Å². The number of piperidine rings is 1. The molecule has 25 heavy (non-hydrogen) atoms. The predicted octanol–water partition coefficient (Wildman–Crippen LogP) is 2.72. The van der Waals surface area contributed by atoms with E-state index in [-0.39, 0.29) is 17.6 Å². The van der Waals surface area contributed by atoms with Crippen molar-refractivity contribution in [1.82, 2.24) is 19.6 Å². The van der Waals surface area contributed by atoms with Gasteiger partial charge >= 0.3 is 6.03 Å². The lowest BCUT2D eigenvalue weighted by atomic mass is 9.82. The molecule has 1 saturated carbocycles. The molecule has 5 nitrogen and oxygen atoms in total. The van der Waals surface area contributed by atoms with Crippen LogP contribution in [0.1, 0.15) is 53.4 Å². The molecule has 1 spiro atoms. The summed E-state index contributed by atoms with van der Waals surface area (Å²) in [6.45, 7) is 15.5. The van der Waals surface area contributed by atoms with Gasteiger partial charge in [-0.3, -0.25) is 9.80 Å². The van der Waals surface area contributed by atoms with Gasteiger partial charge in [-0.2, -0.15) is 0 Å². The Morgan fingerprint density at radius 1 is 1.08 bits per heavy atom. The third kappa shape index (κ3) is 4.13. The maximum atomic E-state index is 12.7. The third-order valence-corrected chi connectivity index (χ3v) is 6.77. The van der Waals surface area contributed by atoms with Crippen LogP contribution >= 0.6 is 0 Å². The third-order valence-electron chi connectivity index (χ3n) is 6.77. The summed E-state index contributed by atoms with van der Waals surface area (Å²) in [6.07, 6.45) is 5.09. The Hall–Kier alpha value is -0.810. The van der Waals surface area contributed by atoms with Crippen LogP contribution in [0.2, 0.25) is 0 Å². The zero-order valence-electron chi connectivity index (χ0n) is 17.0. The second kappa shape index (κ2) is 7.43. The molecule has 0 N–H and O–H groups in total. The molecule has 2 aliphatic heterocycles. The minimum atomic E-state index is 0.204. The van der Waals surface area contributed by atoms with Crippen molar-refractivity contribution in [1.29, 1.82) is 0 Å². The first-order valence-corrected chi connectivity index (χ1v) is 10.3. The van der Waals surface area contributed by atoms with Crippen LogP contribution in [0.5, 0.6) is 0 Å². The van der Waals surface area contributed by atoms with Crippen LogP contribution in [-0.2, 0) is 0 Å². The standard InChI is InChI=1S/C20H38N4O/c1-16(2)21(5)19(25)22-10-8-20(9-11-22)15-23(17(3)4)12-13-24(20)14-18-6-7-18/h16-18H,6-15H2,1-5H3. The second-order valence-corrected chi connectivity index (χ2v) is 9.15. The van der Waals surface area contributed by atoms with E-state index in [2.05, 4.69) is 42.4 Å². The molecule has 0 unspecified atom stereocenters. The van der Waals surface area contributed by atoms with Crippen molar-refractivity contribution >= 4 is 6.03 Å². The van der Waals surface area contributed by atoms with Crippen molar-refractivity contribution in [3.63, 3.8) is 0 Å². The number of carbonyl (C=O) groups excluding carboxylic acids is 1. The van der Waals surface area contributed by atoms with E-state index < -0.39 is 0 Å². The smallest absolute Gasteiger partial charge is 0.319 e. The van der Waals surface area contributed by atoms with Gasteiger partial charge in [0.05, 0.1) is 0 Å². The molecule has 0 aromatic heterocycles. The Morgan fingerprint density at radius 3 is 2.24 bits per heavy atom. The largest absolute Gasteiger partial charge is 0.325 e. The molecular weight excluding hydrogens is 312 g/mol. The van der Waals surface area contributed by atoms with Crippen LogP contribution in [-0.4, -0.2) is 89.6 Å². The van der Waals surface area contributed by atoms with Gasteiger partial charge in [-0.15, -0.1) is 0 Å². The summed E-state index contributed by atoms with van der Waals surface area (Å²) >= 11 is 0. The highest BCUT2D eigenvalue weighted by Crippen LogP contribution is 2.38. The summed E-state index contributed by atoms with van der Waals surface area (Å²) in [6, 6.07) is 1.09. The van der Waals surface area contributed by atoms with Crippen molar-refractivity contribution in [3.8, 4) is 0 Å². The fourth-order valence-corrected chi connectivity index (χ4v) is 4.41. The summed E-state index contributed by atoms with van der Waals surface area (Å²) in [7, 11) is 1.93. The molecule has 0 atom stereocenters. The summed E-state index contributed by atoms with van der Waals surface area (Å²) < 4.78 is 0. The highest BCUT2D eigenvalue weighted by Gasteiger charge is 2.46. The van der Waals surface area contributed by atoms with Gasteiger partial charge in [0.1, 0.15) is 0 Å². The zero-order chi connectivity index (χ0) is 18.2. The normalized spacial score (nSPS) is 25.2. The van der Waals surface area contributed by atoms with E-state index in [0.717, 1.165) is 31.8 Å². The van der Waals surface area contributed by atoms with Gasteiger partial charge in [-0.25, -0.2) is 4.79 Å². The molecule has 0 aromatic carbocycles. The second-order valence-electron chi connectivity index (χ2n) is 9.15. The highest BCUT2D eigenvalue weighted by molar-refractivity contribution is 5.74. The fourth-order valence-electron chi connectivity index (χ4n) is 4.41. The van der Waals surface area contributed by atoms with E-state index in [9.17, 15) is 4.79 Å². The lowest BCUT2D eigenvalue weighted by Crippen LogP contribution is -2.67. The van der Waals surface area contributed by atoms with Crippen molar-refractivity contribution < 1.29 is 4.79 Å². The van der Waals surface area contributed by atoms with E-state index in [1.165, 1.54) is 39.0 Å². The van der Waals surface area contributed by atoms with Gasteiger partial charge in [0.25, 0.3) is 0 Å².